The minimum atomic E-state index is 0.342. The topological polar surface area (TPSA) is 23.5 Å². The molecule has 0 bridgehead atoms. The molecule has 88 valence electrons. The molecule has 0 aliphatic carbocycles. The fourth-order valence-corrected chi connectivity index (χ4v) is 2.56. The number of aryl methyl sites for hydroxylation is 1. The Balaban J connectivity index is 1.96. The Morgan fingerprint density at radius 3 is 2.56 bits per heavy atom. The highest BCUT2D eigenvalue weighted by Gasteiger charge is 2.19. The van der Waals surface area contributed by atoms with Crippen LogP contribution in [0.3, 0.4) is 0 Å². The van der Waals surface area contributed by atoms with Crippen LogP contribution in [0.2, 0.25) is 0 Å². The molecule has 2 nitrogen and oxygen atoms in total. The average molecular weight is 219 g/mol. The van der Waals surface area contributed by atoms with Crippen molar-refractivity contribution in [2.45, 2.75) is 26.2 Å². The van der Waals surface area contributed by atoms with Crippen LogP contribution >= 0.6 is 0 Å². The summed E-state index contributed by atoms with van der Waals surface area (Å²) in [4.78, 5) is 2.48. The summed E-state index contributed by atoms with van der Waals surface area (Å²) in [5.74, 6) is 0.727. The Morgan fingerprint density at radius 1 is 1.25 bits per heavy atom. The van der Waals surface area contributed by atoms with E-state index in [-0.39, 0.29) is 0 Å². The molecule has 0 saturated carbocycles. The Labute approximate surface area is 97.9 Å². The van der Waals surface area contributed by atoms with Gasteiger partial charge in [0.15, 0.2) is 0 Å². The van der Waals surface area contributed by atoms with Crippen LogP contribution in [0.4, 0.5) is 5.69 Å². The largest absolute Gasteiger partial charge is 0.396 e. The number of hydrogen-bond acceptors (Lipinski definition) is 2. The summed E-state index contributed by atoms with van der Waals surface area (Å²) in [6, 6.07) is 8.59. The van der Waals surface area contributed by atoms with Gasteiger partial charge in [-0.3, -0.25) is 0 Å². The lowest BCUT2D eigenvalue weighted by molar-refractivity contribution is 0.240. The van der Waals surface area contributed by atoms with Crippen molar-refractivity contribution in [1.82, 2.24) is 0 Å². The zero-order valence-electron chi connectivity index (χ0n) is 10.0. The quantitative estimate of drug-likeness (QED) is 0.844. The molecule has 1 aliphatic heterocycles. The summed E-state index contributed by atoms with van der Waals surface area (Å²) in [6.07, 6.45) is 3.41. The van der Waals surface area contributed by atoms with E-state index < -0.39 is 0 Å². The van der Waals surface area contributed by atoms with E-state index in [9.17, 15) is 0 Å². The number of hydrogen-bond donors (Lipinski definition) is 1. The minimum absolute atomic E-state index is 0.342. The molecule has 0 spiro atoms. The normalized spacial score (nSPS) is 17.8. The maximum absolute atomic E-state index is 8.93. The summed E-state index contributed by atoms with van der Waals surface area (Å²) in [5, 5.41) is 8.93. The van der Waals surface area contributed by atoms with Gasteiger partial charge in [0.05, 0.1) is 0 Å². The van der Waals surface area contributed by atoms with Crippen LogP contribution in [0.1, 0.15) is 24.8 Å². The van der Waals surface area contributed by atoms with Crippen molar-refractivity contribution < 1.29 is 5.11 Å². The van der Waals surface area contributed by atoms with Crippen LogP contribution in [0.25, 0.3) is 0 Å². The van der Waals surface area contributed by atoms with Gasteiger partial charge in [-0.25, -0.2) is 0 Å². The number of rotatable bonds is 3. The maximum Gasteiger partial charge on any atom is 0.0433 e. The lowest BCUT2D eigenvalue weighted by Crippen LogP contribution is -2.34. The van der Waals surface area contributed by atoms with E-state index in [4.69, 9.17) is 5.11 Å². The van der Waals surface area contributed by atoms with Gasteiger partial charge in [-0.15, -0.1) is 0 Å². The maximum atomic E-state index is 8.93. The second-order valence-corrected chi connectivity index (χ2v) is 4.73. The van der Waals surface area contributed by atoms with Crippen molar-refractivity contribution in [3.8, 4) is 0 Å². The molecule has 0 unspecified atom stereocenters. The molecule has 1 fully saturated rings. The molecule has 1 saturated heterocycles. The Kier molecular flexibility index (Phi) is 3.83. The zero-order valence-corrected chi connectivity index (χ0v) is 10.0. The van der Waals surface area contributed by atoms with Gasteiger partial charge in [0.25, 0.3) is 0 Å². The van der Waals surface area contributed by atoms with Crippen LogP contribution in [-0.4, -0.2) is 24.8 Å². The molecule has 0 aromatic heterocycles. The first-order chi connectivity index (χ1) is 7.81. The Hall–Kier alpha value is -1.02. The molecular weight excluding hydrogens is 198 g/mol. The number of aliphatic hydroxyl groups excluding tert-OH is 1. The SMILES string of the molecule is Cc1ccccc1N1CCC(CCO)CC1. The predicted molar refractivity (Wildman–Crippen MR) is 67.8 cm³/mol. The van der Waals surface area contributed by atoms with Gasteiger partial charge in [0.1, 0.15) is 0 Å². The summed E-state index contributed by atoms with van der Waals surface area (Å²) in [6.45, 7) is 4.79. The summed E-state index contributed by atoms with van der Waals surface area (Å²) in [7, 11) is 0. The van der Waals surface area contributed by atoms with Crippen LogP contribution < -0.4 is 4.90 Å². The van der Waals surface area contributed by atoms with Gasteiger partial charge >= 0.3 is 0 Å². The highest BCUT2D eigenvalue weighted by Crippen LogP contribution is 2.26. The number of nitrogens with zero attached hydrogens (tertiary/aromatic N) is 1. The molecule has 2 rings (SSSR count). The van der Waals surface area contributed by atoms with Crippen LogP contribution in [0.5, 0.6) is 0 Å². The number of para-hydroxylation sites is 1. The van der Waals surface area contributed by atoms with E-state index in [0.29, 0.717) is 6.61 Å². The number of piperidine rings is 1. The molecule has 1 N–H and O–H groups in total. The van der Waals surface area contributed by atoms with Crippen LogP contribution in [-0.2, 0) is 0 Å². The third-order valence-corrected chi connectivity index (χ3v) is 3.61. The predicted octanol–water partition coefficient (Wildman–Crippen LogP) is 2.59. The summed E-state index contributed by atoms with van der Waals surface area (Å²) < 4.78 is 0. The molecule has 16 heavy (non-hydrogen) atoms. The average Bonchev–Trinajstić information content (AvgIpc) is 2.31. The number of anilines is 1. The number of aliphatic hydroxyl groups is 1. The Bertz CT molecular complexity index is 329. The summed E-state index contributed by atoms with van der Waals surface area (Å²) in [5.41, 5.74) is 2.74. The fraction of sp³-hybridized carbons (Fsp3) is 0.571. The molecule has 0 radical (unpaired) electrons. The standard InChI is InChI=1S/C14H21NO/c1-12-4-2-3-5-14(12)15-9-6-13(7-10-15)8-11-16/h2-5,13,16H,6-11H2,1H3. The minimum Gasteiger partial charge on any atom is -0.396 e. The van der Waals surface area contributed by atoms with Gasteiger partial charge in [0, 0.05) is 25.4 Å². The lowest BCUT2D eigenvalue weighted by atomic mass is 9.93. The molecule has 1 aromatic carbocycles. The van der Waals surface area contributed by atoms with E-state index in [1.807, 2.05) is 0 Å². The van der Waals surface area contributed by atoms with E-state index in [0.717, 1.165) is 25.4 Å². The first-order valence-corrected chi connectivity index (χ1v) is 6.22. The van der Waals surface area contributed by atoms with Gasteiger partial charge < -0.3 is 10.0 Å². The monoisotopic (exact) mass is 219 g/mol. The first-order valence-electron chi connectivity index (χ1n) is 6.22. The lowest BCUT2D eigenvalue weighted by Gasteiger charge is -2.34. The first kappa shape index (κ1) is 11.5. The summed E-state index contributed by atoms with van der Waals surface area (Å²) >= 11 is 0. The van der Waals surface area contributed by atoms with Crippen LogP contribution in [0.15, 0.2) is 24.3 Å². The van der Waals surface area contributed by atoms with E-state index in [2.05, 4.69) is 36.1 Å². The van der Waals surface area contributed by atoms with Crippen molar-refractivity contribution in [2.75, 3.05) is 24.6 Å². The van der Waals surface area contributed by atoms with Gasteiger partial charge in [-0.1, -0.05) is 18.2 Å². The molecule has 1 heterocycles. The second-order valence-electron chi connectivity index (χ2n) is 4.73. The van der Waals surface area contributed by atoms with Gasteiger partial charge in [-0.05, 0) is 43.7 Å². The molecular formula is C14H21NO. The fourth-order valence-electron chi connectivity index (χ4n) is 2.56. The Morgan fingerprint density at radius 2 is 1.94 bits per heavy atom. The highest BCUT2D eigenvalue weighted by molar-refractivity contribution is 5.53. The highest BCUT2D eigenvalue weighted by atomic mass is 16.3. The van der Waals surface area contributed by atoms with Crippen molar-refractivity contribution in [3.63, 3.8) is 0 Å². The second kappa shape index (κ2) is 5.35. The van der Waals surface area contributed by atoms with E-state index in [1.54, 1.807) is 0 Å². The zero-order chi connectivity index (χ0) is 11.4. The van der Waals surface area contributed by atoms with E-state index >= 15 is 0 Å². The van der Waals surface area contributed by atoms with Crippen molar-refractivity contribution >= 4 is 5.69 Å². The molecule has 0 amide bonds. The molecule has 1 aromatic rings. The van der Waals surface area contributed by atoms with Crippen molar-refractivity contribution in [3.05, 3.63) is 29.8 Å². The van der Waals surface area contributed by atoms with E-state index in [1.165, 1.54) is 24.1 Å². The van der Waals surface area contributed by atoms with Crippen molar-refractivity contribution in [2.24, 2.45) is 5.92 Å². The van der Waals surface area contributed by atoms with Gasteiger partial charge in [0.2, 0.25) is 0 Å². The smallest absolute Gasteiger partial charge is 0.0433 e. The van der Waals surface area contributed by atoms with Crippen LogP contribution in [0, 0.1) is 12.8 Å². The molecule has 1 aliphatic rings. The third-order valence-electron chi connectivity index (χ3n) is 3.61. The molecule has 2 heteroatoms. The molecule has 0 atom stereocenters. The third kappa shape index (κ3) is 2.56. The number of benzene rings is 1. The van der Waals surface area contributed by atoms with Crippen molar-refractivity contribution in [1.29, 1.82) is 0 Å². The van der Waals surface area contributed by atoms with Gasteiger partial charge in [-0.2, -0.15) is 0 Å².